The molecule has 7 heteroatoms. The molecule has 2 saturated heterocycles. The van der Waals surface area contributed by atoms with Gasteiger partial charge < -0.3 is 4.74 Å². The third-order valence-corrected chi connectivity index (χ3v) is 6.86. The first-order valence-corrected chi connectivity index (χ1v) is 9.89. The lowest BCUT2D eigenvalue weighted by Crippen LogP contribution is -2.49. The van der Waals surface area contributed by atoms with Crippen LogP contribution in [-0.4, -0.2) is 55.5 Å². The van der Waals surface area contributed by atoms with Crippen LogP contribution in [0.2, 0.25) is 0 Å². The van der Waals surface area contributed by atoms with E-state index in [4.69, 9.17) is 4.74 Å². The Hall–Kier alpha value is -1.60. The van der Waals surface area contributed by atoms with Gasteiger partial charge in [-0.3, -0.25) is 4.90 Å². The van der Waals surface area contributed by atoms with Crippen molar-refractivity contribution in [3.05, 3.63) is 29.8 Å². The predicted molar refractivity (Wildman–Crippen MR) is 90.2 cm³/mol. The monoisotopic (exact) mass is 352 g/mol. The van der Waals surface area contributed by atoms with Gasteiger partial charge in [-0.25, -0.2) is 13.2 Å². The number of rotatable bonds is 4. The van der Waals surface area contributed by atoms with Crippen molar-refractivity contribution in [2.75, 3.05) is 19.7 Å². The maximum absolute atomic E-state index is 12.7. The van der Waals surface area contributed by atoms with E-state index >= 15 is 0 Å². The quantitative estimate of drug-likeness (QED) is 0.834. The summed E-state index contributed by atoms with van der Waals surface area (Å²) >= 11 is 0. The molecule has 1 unspecified atom stereocenters. The Bertz CT molecular complexity index is 694. The summed E-state index contributed by atoms with van der Waals surface area (Å²) in [6.45, 7) is 5.27. The fourth-order valence-electron chi connectivity index (χ4n) is 3.45. The second-order valence-corrected chi connectivity index (χ2v) is 8.43. The van der Waals surface area contributed by atoms with E-state index in [-0.39, 0.29) is 18.2 Å². The minimum absolute atomic E-state index is 0.0643. The summed E-state index contributed by atoms with van der Waals surface area (Å²) in [6.07, 6.45) is 1.89. The van der Waals surface area contributed by atoms with Gasteiger partial charge in [0, 0.05) is 19.1 Å². The summed E-state index contributed by atoms with van der Waals surface area (Å²) in [6, 6.07) is 7.11. The lowest BCUT2D eigenvalue weighted by molar-refractivity contribution is 0.124. The summed E-state index contributed by atoms with van der Waals surface area (Å²) in [7, 11) is -3.46. The van der Waals surface area contributed by atoms with Crippen molar-refractivity contribution in [2.45, 2.75) is 50.1 Å². The highest BCUT2D eigenvalue weighted by atomic mass is 32.2. The van der Waals surface area contributed by atoms with Crippen LogP contribution in [0.5, 0.6) is 0 Å². The molecule has 0 N–H and O–H groups in total. The highest BCUT2D eigenvalue weighted by molar-refractivity contribution is 7.89. The van der Waals surface area contributed by atoms with Crippen LogP contribution in [0.15, 0.2) is 29.2 Å². The summed E-state index contributed by atoms with van der Waals surface area (Å²) in [5.74, 6) is 0. The van der Waals surface area contributed by atoms with Crippen molar-refractivity contribution in [1.29, 1.82) is 0 Å². The number of nitrogens with zero attached hydrogens (tertiary/aromatic N) is 2. The average Bonchev–Trinajstić information content (AvgIpc) is 2.96. The number of piperidine rings is 1. The molecule has 0 radical (unpaired) electrons. The van der Waals surface area contributed by atoms with E-state index in [1.165, 1.54) is 4.31 Å². The van der Waals surface area contributed by atoms with Crippen molar-refractivity contribution in [2.24, 2.45) is 0 Å². The number of amides is 1. The lowest BCUT2D eigenvalue weighted by Gasteiger charge is -2.37. The van der Waals surface area contributed by atoms with E-state index in [9.17, 15) is 13.2 Å². The molecule has 1 atom stereocenters. The number of carbonyl (C=O) groups is 1. The number of carbonyl (C=O) groups excluding carboxylic acids is 1. The van der Waals surface area contributed by atoms with E-state index in [2.05, 4.69) is 0 Å². The molecule has 132 valence electrons. The minimum atomic E-state index is -3.46. The molecule has 1 amide bonds. The standard InChI is InChI=1S/C17H24N2O4S/c1-3-14-12-23-17(20)19(14)15-8-10-18(11-9-15)24(21,22)16-6-4-13(2)5-7-16/h4-7,14-15H,3,8-12H2,1-2H3. The number of aryl methyl sites for hydroxylation is 1. The molecule has 2 fully saturated rings. The average molecular weight is 352 g/mol. The zero-order valence-corrected chi connectivity index (χ0v) is 15.0. The van der Waals surface area contributed by atoms with E-state index < -0.39 is 10.0 Å². The third-order valence-electron chi connectivity index (χ3n) is 4.95. The summed E-state index contributed by atoms with van der Waals surface area (Å²) in [5, 5.41) is 0. The molecule has 0 aliphatic carbocycles. The largest absolute Gasteiger partial charge is 0.447 e. The molecule has 3 rings (SSSR count). The van der Waals surface area contributed by atoms with E-state index in [1.54, 1.807) is 12.1 Å². The summed E-state index contributed by atoms with van der Waals surface area (Å²) in [5.41, 5.74) is 1.03. The van der Waals surface area contributed by atoms with Crippen molar-refractivity contribution < 1.29 is 17.9 Å². The van der Waals surface area contributed by atoms with Gasteiger partial charge in [0.15, 0.2) is 0 Å². The zero-order valence-electron chi connectivity index (χ0n) is 14.1. The first kappa shape index (κ1) is 17.2. The van der Waals surface area contributed by atoms with Crippen molar-refractivity contribution in [3.8, 4) is 0 Å². The molecule has 2 aliphatic rings. The van der Waals surface area contributed by atoms with E-state index in [0.717, 1.165) is 12.0 Å². The first-order chi connectivity index (χ1) is 11.4. The van der Waals surface area contributed by atoms with Crippen LogP contribution in [0, 0.1) is 6.92 Å². The number of hydrogen-bond donors (Lipinski definition) is 0. The fraction of sp³-hybridized carbons (Fsp3) is 0.588. The topological polar surface area (TPSA) is 66.9 Å². The van der Waals surface area contributed by atoms with Crippen molar-refractivity contribution >= 4 is 16.1 Å². The van der Waals surface area contributed by atoms with Gasteiger partial charge in [0.25, 0.3) is 0 Å². The van der Waals surface area contributed by atoms with Gasteiger partial charge in [-0.15, -0.1) is 0 Å². The third kappa shape index (κ3) is 3.15. The van der Waals surface area contributed by atoms with Crippen LogP contribution in [0.1, 0.15) is 31.7 Å². The van der Waals surface area contributed by atoms with E-state index in [1.807, 2.05) is 30.9 Å². The van der Waals surface area contributed by atoms with Crippen LogP contribution in [0.3, 0.4) is 0 Å². The number of sulfonamides is 1. The van der Waals surface area contributed by atoms with E-state index in [0.29, 0.717) is 37.4 Å². The molecule has 0 aromatic heterocycles. The summed E-state index contributed by atoms with van der Waals surface area (Å²) in [4.78, 5) is 14.1. The molecule has 1 aromatic carbocycles. The molecular formula is C17H24N2O4S. The molecule has 0 saturated carbocycles. The first-order valence-electron chi connectivity index (χ1n) is 8.45. The van der Waals surface area contributed by atoms with Crippen molar-refractivity contribution in [1.82, 2.24) is 9.21 Å². The Kier molecular flexibility index (Phi) is 4.83. The number of hydrogen-bond acceptors (Lipinski definition) is 4. The van der Waals surface area contributed by atoms with Crippen LogP contribution >= 0.6 is 0 Å². The van der Waals surface area contributed by atoms with Crippen LogP contribution < -0.4 is 0 Å². The molecule has 2 aliphatic heterocycles. The van der Waals surface area contributed by atoms with Crippen LogP contribution in [0.4, 0.5) is 4.79 Å². The van der Waals surface area contributed by atoms with Gasteiger partial charge in [0.2, 0.25) is 10.0 Å². The normalized spacial score (nSPS) is 23.5. The highest BCUT2D eigenvalue weighted by Gasteiger charge is 2.40. The Morgan fingerprint density at radius 2 is 1.79 bits per heavy atom. The number of benzene rings is 1. The van der Waals surface area contributed by atoms with Crippen LogP contribution in [-0.2, 0) is 14.8 Å². The Morgan fingerprint density at radius 1 is 1.17 bits per heavy atom. The Balaban J connectivity index is 1.68. The molecule has 6 nitrogen and oxygen atoms in total. The molecule has 2 heterocycles. The second-order valence-electron chi connectivity index (χ2n) is 6.49. The predicted octanol–water partition coefficient (Wildman–Crippen LogP) is 2.38. The molecule has 0 bridgehead atoms. The van der Waals surface area contributed by atoms with Gasteiger partial charge >= 0.3 is 6.09 Å². The van der Waals surface area contributed by atoms with Crippen molar-refractivity contribution in [3.63, 3.8) is 0 Å². The highest BCUT2D eigenvalue weighted by Crippen LogP contribution is 2.28. The number of ether oxygens (including phenoxy) is 1. The maximum Gasteiger partial charge on any atom is 0.410 e. The second kappa shape index (κ2) is 6.72. The number of cyclic esters (lactones) is 1. The molecular weight excluding hydrogens is 328 g/mol. The van der Waals surface area contributed by atoms with Crippen LogP contribution in [0.25, 0.3) is 0 Å². The molecule has 1 aromatic rings. The van der Waals surface area contributed by atoms with Gasteiger partial charge in [0.05, 0.1) is 10.9 Å². The zero-order chi connectivity index (χ0) is 17.3. The smallest absolute Gasteiger partial charge is 0.410 e. The van der Waals surface area contributed by atoms with Gasteiger partial charge in [-0.05, 0) is 38.3 Å². The van der Waals surface area contributed by atoms with Gasteiger partial charge in [-0.1, -0.05) is 24.6 Å². The fourth-order valence-corrected chi connectivity index (χ4v) is 4.92. The Labute approximate surface area is 143 Å². The van der Waals surface area contributed by atoms with Gasteiger partial charge in [0.1, 0.15) is 6.61 Å². The summed E-state index contributed by atoms with van der Waals surface area (Å²) < 4.78 is 32.1. The lowest BCUT2D eigenvalue weighted by atomic mass is 10.0. The molecule has 24 heavy (non-hydrogen) atoms. The Morgan fingerprint density at radius 3 is 2.38 bits per heavy atom. The molecule has 0 spiro atoms. The SMILES string of the molecule is CCC1COC(=O)N1C1CCN(S(=O)(=O)c2ccc(C)cc2)CC1. The minimum Gasteiger partial charge on any atom is -0.447 e. The maximum atomic E-state index is 12.7. The van der Waals surface area contributed by atoms with Gasteiger partial charge in [-0.2, -0.15) is 4.31 Å².